The van der Waals surface area contributed by atoms with Crippen molar-refractivity contribution in [3.05, 3.63) is 28.7 Å². The molecule has 0 unspecified atom stereocenters. The van der Waals surface area contributed by atoms with Crippen molar-refractivity contribution in [1.82, 2.24) is 20.3 Å². The van der Waals surface area contributed by atoms with Gasteiger partial charge in [-0.1, -0.05) is 0 Å². The Hall–Kier alpha value is -1.95. The molecule has 2 aromatic rings. The number of hydrogen-bond acceptors (Lipinski definition) is 5. The molecule has 3 rings (SSSR count). The Bertz CT molecular complexity index is 703. The second-order valence-corrected chi connectivity index (χ2v) is 6.62. The first-order valence-electron chi connectivity index (χ1n) is 7.29. The molecule has 1 fully saturated rings. The van der Waals surface area contributed by atoms with Crippen molar-refractivity contribution in [1.29, 1.82) is 0 Å². The Morgan fingerprint density at radius 2 is 2.19 bits per heavy atom. The van der Waals surface area contributed by atoms with Crippen LogP contribution in [0.5, 0.6) is 0 Å². The summed E-state index contributed by atoms with van der Waals surface area (Å²) in [5, 5.41) is 3.62. The average molecular weight is 287 g/mol. The van der Waals surface area contributed by atoms with Crippen molar-refractivity contribution < 1.29 is 0 Å². The molecule has 0 saturated carbocycles. The van der Waals surface area contributed by atoms with E-state index in [1.807, 2.05) is 0 Å². The molecule has 1 atom stereocenters. The number of rotatable bonds is 2. The van der Waals surface area contributed by atoms with Crippen LogP contribution in [0, 0.1) is 0 Å². The van der Waals surface area contributed by atoms with Crippen molar-refractivity contribution in [2.75, 3.05) is 18.0 Å². The maximum atomic E-state index is 11.3. The molecule has 2 aromatic heterocycles. The van der Waals surface area contributed by atoms with Crippen molar-refractivity contribution in [2.45, 2.75) is 38.8 Å². The lowest BCUT2D eigenvalue weighted by Gasteiger charge is -2.26. The Morgan fingerprint density at radius 1 is 1.38 bits per heavy atom. The summed E-state index contributed by atoms with van der Waals surface area (Å²) < 4.78 is 0. The number of nitrogens with zero attached hydrogens (tertiary/aromatic N) is 3. The van der Waals surface area contributed by atoms with Crippen LogP contribution in [0.3, 0.4) is 0 Å². The Balaban J connectivity index is 1.79. The van der Waals surface area contributed by atoms with Gasteiger partial charge in [0, 0.05) is 30.7 Å². The summed E-state index contributed by atoms with van der Waals surface area (Å²) >= 11 is 0. The predicted octanol–water partition coefficient (Wildman–Crippen LogP) is 1.28. The first kappa shape index (κ1) is 14.0. The van der Waals surface area contributed by atoms with E-state index in [0.717, 1.165) is 31.0 Å². The fraction of sp³-hybridized carbons (Fsp3) is 0.533. The lowest BCUT2D eigenvalue weighted by atomic mass is 10.1. The molecule has 112 valence electrons. The van der Waals surface area contributed by atoms with Crippen LogP contribution in [-0.4, -0.2) is 39.6 Å². The van der Waals surface area contributed by atoms with E-state index in [-0.39, 0.29) is 11.1 Å². The van der Waals surface area contributed by atoms with Crippen LogP contribution in [0.2, 0.25) is 0 Å². The highest BCUT2D eigenvalue weighted by Crippen LogP contribution is 2.19. The maximum Gasteiger partial charge on any atom is 0.248 e. The number of hydrogen-bond donors (Lipinski definition) is 2. The van der Waals surface area contributed by atoms with E-state index in [9.17, 15) is 4.79 Å². The highest BCUT2D eigenvalue weighted by Gasteiger charge is 2.27. The number of pyridine rings is 1. The molecule has 6 heteroatoms. The molecule has 1 aliphatic heterocycles. The Kier molecular flexibility index (Phi) is 3.41. The normalized spacial score (nSPS) is 19.4. The van der Waals surface area contributed by atoms with Crippen molar-refractivity contribution in [2.24, 2.45) is 0 Å². The van der Waals surface area contributed by atoms with Crippen molar-refractivity contribution in [3.63, 3.8) is 0 Å². The largest absolute Gasteiger partial charge is 0.339 e. The number of anilines is 1. The van der Waals surface area contributed by atoms with Crippen molar-refractivity contribution in [3.8, 4) is 0 Å². The summed E-state index contributed by atoms with van der Waals surface area (Å²) in [7, 11) is 0. The number of aromatic amines is 1. The van der Waals surface area contributed by atoms with Gasteiger partial charge in [0.05, 0.1) is 17.2 Å². The molecule has 6 nitrogen and oxygen atoms in total. The molecule has 0 aromatic carbocycles. The van der Waals surface area contributed by atoms with Crippen LogP contribution in [0.25, 0.3) is 11.0 Å². The minimum Gasteiger partial charge on any atom is -0.339 e. The molecule has 21 heavy (non-hydrogen) atoms. The van der Waals surface area contributed by atoms with E-state index >= 15 is 0 Å². The lowest BCUT2D eigenvalue weighted by molar-refractivity contribution is 0.373. The Labute approximate surface area is 123 Å². The minimum absolute atomic E-state index is 0.115. The molecular formula is C15H21N5O. The van der Waals surface area contributed by atoms with Crippen LogP contribution in [-0.2, 0) is 0 Å². The monoisotopic (exact) mass is 287 g/mol. The van der Waals surface area contributed by atoms with Gasteiger partial charge in [0.1, 0.15) is 0 Å². The fourth-order valence-electron chi connectivity index (χ4n) is 2.76. The SMILES string of the molecule is CC(C)(C)N[C@@H]1CCN(c2ncc3[nH]c(=O)ccc3n2)C1. The summed E-state index contributed by atoms with van der Waals surface area (Å²) in [6.45, 7) is 8.39. The molecule has 0 radical (unpaired) electrons. The second kappa shape index (κ2) is 5.11. The average Bonchev–Trinajstić information content (AvgIpc) is 2.84. The summed E-state index contributed by atoms with van der Waals surface area (Å²) in [6.07, 6.45) is 2.77. The van der Waals surface area contributed by atoms with E-state index in [2.05, 4.69) is 45.9 Å². The summed E-state index contributed by atoms with van der Waals surface area (Å²) in [4.78, 5) is 25.1. The predicted molar refractivity (Wildman–Crippen MR) is 83.7 cm³/mol. The Morgan fingerprint density at radius 3 is 2.95 bits per heavy atom. The molecule has 3 heterocycles. The summed E-state index contributed by atoms with van der Waals surface area (Å²) in [5.41, 5.74) is 1.43. The van der Waals surface area contributed by atoms with Gasteiger partial charge in [0.2, 0.25) is 11.5 Å². The van der Waals surface area contributed by atoms with Crippen molar-refractivity contribution >= 4 is 17.0 Å². The van der Waals surface area contributed by atoms with Gasteiger partial charge < -0.3 is 15.2 Å². The van der Waals surface area contributed by atoms with Crippen LogP contribution in [0.4, 0.5) is 5.95 Å². The summed E-state index contributed by atoms with van der Waals surface area (Å²) in [5.74, 6) is 0.729. The fourth-order valence-corrected chi connectivity index (χ4v) is 2.76. The highest BCUT2D eigenvalue weighted by molar-refractivity contribution is 5.73. The zero-order valence-electron chi connectivity index (χ0n) is 12.7. The molecule has 0 amide bonds. The van der Waals surface area contributed by atoms with E-state index in [0.29, 0.717) is 11.6 Å². The number of fused-ring (bicyclic) bond motifs is 1. The zero-order chi connectivity index (χ0) is 15.0. The third-order valence-corrected chi connectivity index (χ3v) is 3.56. The molecular weight excluding hydrogens is 266 g/mol. The second-order valence-electron chi connectivity index (χ2n) is 6.62. The quantitative estimate of drug-likeness (QED) is 0.870. The van der Waals surface area contributed by atoms with Gasteiger partial charge in [-0.15, -0.1) is 0 Å². The number of aromatic nitrogens is 3. The smallest absolute Gasteiger partial charge is 0.248 e. The zero-order valence-corrected chi connectivity index (χ0v) is 12.7. The standard InChI is InChI=1S/C15H21N5O/c1-15(2,3)19-10-6-7-20(9-10)14-16-8-12-11(18-14)4-5-13(21)17-12/h4-5,8,10,19H,6-7,9H2,1-3H3,(H,17,21)/t10-/m1/s1. The van der Waals surface area contributed by atoms with E-state index < -0.39 is 0 Å². The summed E-state index contributed by atoms with van der Waals surface area (Å²) in [6, 6.07) is 3.69. The molecule has 0 aliphatic carbocycles. The van der Waals surface area contributed by atoms with Crippen LogP contribution < -0.4 is 15.8 Å². The van der Waals surface area contributed by atoms with Crippen LogP contribution in [0.1, 0.15) is 27.2 Å². The van der Waals surface area contributed by atoms with Gasteiger partial charge in [-0.25, -0.2) is 9.97 Å². The first-order chi connectivity index (χ1) is 9.90. The van der Waals surface area contributed by atoms with Gasteiger partial charge in [-0.05, 0) is 33.3 Å². The van der Waals surface area contributed by atoms with Gasteiger partial charge >= 0.3 is 0 Å². The topological polar surface area (TPSA) is 73.9 Å². The molecule has 0 spiro atoms. The van der Waals surface area contributed by atoms with Crippen LogP contribution in [0.15, 0.2) is 23.1 Å². The minimum atomic E-state index is -0.130. The third-order valence-electron chi connectivity index (χ3n) is 3.56. The van der Waals surface area contributed by atoms with Gasteiger partial charge in [-0.2, -0.15) is 0 Å². The van der Waals surface area contributed by atoms with E-state index in [1.165, 1.54) is 6.07 Å². The lowest BCUT2D eigenvalue weighted by Crippen LogP contribution is -2.45. The highest BCUT2D eigenvalue weighted by atomic mass is 16.1. The number of H-pyrrole nitrogens is 1. The molecule has 0 bridgehead atoms. The molecule has 1 saturated heterocycles. The van der Waals surface area contributed by atoms with Gasteiger partial charge in [0.25, 0.3) is 0 Å². The van der Waals surface area contributed by atoms with Gasteiger partial charge in [-0.3, -0.25) is 4.79 Å². The third kappa shape index (κ3) is 3.21. The molecule has 2 N–H and O–H groups in total. The maximum absolute atomic E-state index is 11.3. The number of nitrogens with one attached hydrogen (secondary N) is 2. The van der Waals surface area contributed by atoms with E-state index in [1.54, 1.807) is 12.3 Å². The van der Waals surface area contributed by atoms with Gasteiger partial charge in [0.15, 0.2) is 0 Å². The van der Waals surface area contributed by atoms with Crippen LogP contribution >= 0.6 is 0 Å². The first-order valence-corrected chi connectivity index (χ1v) is 7.29. The molecule has 1 aliphatic rings. The van der Waals surface area contributed by atoms with E-state index in [4.69, 9.17) is 0 Å².